The van der Waals surface area contributed by atoms with E-state index in [1.165, 1.54) is 27.1 Å². The van der Waals surface area contributed by atoms with Gasteiger partial charge in [-0.3, -0.25) is 4.79 Å². The van der Waals surface area contributed by atoms with E-state index in [4.69, 9.17) is 11.6 Å². The van der Waals surface area contributed by atoms with Crippen LogP contribution in [0, 0.1) is 5.92 Å². The lowest BCUT2D eigenvalue weighted by Crippen LogP contribution is -2.45. The molecule has 0 saturated carbocycles. The van der Waals surface area contributed by atoms with Crippen LogP contribution in [0.15, 0.2) is 54.7 Å². The van der Waals surface area contributed by atoms with Crippen molar-refractivity contribution in [2.45, 2.75) is 44.1 Å². The number of alkyl halides is 6. The number of hydrogen-bond donors (Lipinski definition) is 2. The van der Waals surface area contributed by atoms with Crippen LogP contribution >= 0.6 is 11.6 Å². The van der Waals surface area contributed by atoms with E-state index < -0.39 is 52.4 Å². The Labute approximate surface area is 249 Å². The van der Waals surface area contributed by atoms with Crippen LogP contribution in [-0.2, 0) is 22.6 Å². The van der Waals surface area contributed by atoms with Crippen molar-refractivity contribution >= 4 is 29.0 Å². The van der Waals surface area contributed by atoms with Gasteiger partial charge in [-0.2, -0.15) is 26.3 Å². The van der Waals surface area contributed by atoms with Crippen molar-refractivity contribution in [2.75, 3.05) is 36.5 Å². The molecule has 2 unspecified atom stereocenters. The minimum atomic E-state index is -5.07. The minimum Gasteiger partial charge on any atom is -0.396 e. The second-order valence-corrected chi connectivity index (χ2v) is 11.5. The number of carbonyl (C=O) groups is 1. The molecule has 1 amide bonds. The van der Waals surface area contributed by atoms with Gasteiger partial charge in [-0.05, 0) is 56.2 Å². The number of amides is 1. The maximum Gasteiger partial charge on any atom is 0.416 e. The molecule has 1 aliphatic rings. The predicted molar refractivity (Wildman–Crippen MR) is 151 cm³/mol. The Morgan fingerprint density at radius 2 is 1.58 bits per heavy atom. The van der Waals surface area contributed by atoms with Gasteiger partial charge >= 0.3 is 12.4 Å². The fraction of sp³-hybridized carbons (Fsp3) is 0.400. The van der Waals surface area contributed by atoms with E-state index in [1.54, 1.807) is 30.3 Å². The number of pyridine rings is 1. The first-order valence-electron chi connectivity index (χ1n) is 13.3. The van der Waals surface area contributed by atoms with Crippen LogP contribution in [0.3, 0.4) is 0 Å². The van der Waals surface area contributed by atoms with E-state index in [1.807, 2.05) is 4.90 Å². The van der Waals surface area contributed by atoms with Crippen LogP contribution in [-0.4, -0.2) is 54.0 Å². The fourth-order valence-corrected chi connectivity index (χ4v) is 5.39. The first-order chi connectivity index (χ1) is 19.9. The van der Waals surface area contributed by atoms with Gasteiger partial charge in [0.05, 0.1) is 41.1 Å². The third-order valence-corrected chi connectivity index (χ3v) is 8.12. The third kappa shape index (κ3) is 6.76. The molecule has 0 aliphatic carbocycles. The number of benzene rings is 2. The zero-order valence-corrected chi connectivity index (χ0v) is 24.2. The molecule has 6 nitrogen and oxygen atoms in total. The molecule has 43 heavy (non-hydrogen) atoms. The second kappa shape index (κ2) is 12.0. The topological polar surface area (TPSA) is 76.9 Å². The van der Waals surface area contributed by atoms with Crippen molar-refractivity contribution in [1.29, 1.82) is 0 Å². The van der Waals surface area contributed by atoms with Crippen LogP contribution in [0.4, 0.5) is 37.8 Å². The highest BCUT2D eigenvalue weighted by atomic mass is 35.5. The molecule has 1 aromatic heterocycles. The Hall–Kier alpha value is -3.35. The normalized spacial score (nSPS) is 18.1. The molecule has 1 fully saturated rings. The number of rotatable bonds is 6. The van der Waals surface area contributed by atoms with Gasteiger partial charge < -0.3 is 20.0 Å². The Kier molecular flexibility index (Phi) is 9.07. The van der Waals surface area contributed by atoms with Crippen molar-refractivity contribution in [2.24, 2.45) is 5.92 Å². The van der Waals surface area contributed by atoms with Crippen molar-refractivity contribution in [3.63, 3.8) is 0 Å². The molecule has 2 N–H and O–H groups in total. The van der Waals surface area contributed by atoms with Gasteiger partial charge in [0.1, 0.15) is 5.82 Å². The molecule has 0 spiro atoms. The number of nitrogens with zero attached hydrogens (tertiary/aromatic N) is 3. The molecule has 232 valence electrons. The molecule has 4 rings (SSSR count). The molecule has 1 aliphatic heterocycles. The lowest BCUT2D eigenvalue weighted by Gasteiger charge is -2.36. The molecule has 3 aromatic rings. The lowest BCUT2D eigenvalue weighted by atomic mass is 9.81. The number of aliphatic hydroxyl groups excluding tert-OH is 2. The van der Waals surface area contributed by atoms with Crippen LogP contribution in [0.5, 0.6) is 0 Å². The number of anilines is 2. The smallest absolute Gasteiger partial charge is 0.396 e. The van der Waals surface area contributed by atoms with Gasteiger partial charge in [-0.1, -0.05) is 29.8 Å². The maximum atomic E-state index is 13.9. The summed E-state index contributed by atoms with van der Waals surface area (Å²) in [6.07, 6.45) is -9.05. The maximum absolute atomic E-state index is 13.9. The monoisotopic (exact) mass is 629 g/mol. The predicted octanol–water partition coefficient (Wildman–Crippen LogP) is 6.56. The van der Waals surface area contributed by atoms with Crippen LogP contribution in [0.1, 0.15) is 37.0 Å². The molecular weight excluding hydrogens is 600 g/mol. The summed E-state index contributed by atoms with van der Waals surface area (Å²) >= 11 is 6.51. The van der Waals surface area contributed by atoms with E-state index in [0.717, 1.165) is 4.90 Å². The summed E-state index contributed by atoms with van der Waals surface area (Å²) in [7, 11) is 1.36. The SMILES string of the molecule is CN(C(=O)C(C)(C)c1cc(C(F)(F)F)cc(C(F)(F)F)c1)c1cnc(N2CCC(O)C(CO)C2)cc1-c1ccccc1Cl. The van der Waals surface area contributed by atoms with Crippen molar-refractivity contribution in [3.05, 3.63) is 76.4 Å². The summed E-state index contributed by atoms with van der Waals surface area (Å²) < 4.78 is 81.4. The lowest BCUT2D eigenvalue weighted by molar-refractivity contribution is -0.143. The zero-order valence-electron chi connectivity index (χ0n) is 23.5. The summed E-state index contributed by atoms with van der Waals surface area (Å²) in [5.41, 5.74) is -4.16. The number of carbonyl (C=O) groups excluding carboxylic acids is 1. The number of aromatic nitrogens is 1. The van der Waals surface area contributed by atoms with Gasteiger partial charge in [0.2, 0.25) is 5.91 Å². The first kappa shape index (κ1) is 32.6. The van der Waals surface area contributed by atoms with Crippen LogP contribution in [0.25, 0.3) is 11.1 Å². The fourth-order valence-electron chi connectivity index (χ4n) is 5.15. The summed E-state index contributed by atoms with van der Waals surface area (Å²) in [6, 6.07) is 9.56. The second-order valence-electron chi connectivity index (χ2n) is 11.1. The minimum absolute atomic E-state index is 0.0207. The average Bonchev–Trinajstić information content (AvgIpc) is 2.95. The molecule has 2 heterocycles. The van der Waals surface area contributed by atoms with Gasteiger partial charge in [0.25, 0.3) is 0 Å². The number of hydrogen-bond acceptors (Lipinski definition) is 5. The highest BCUT2D eigenvalue weighted by molar-refractivity contribution is 6.33. The first-order valence-corrected chi connectivity index (χ1v) is 13.7. The van der Waals surface area contributed by atoms with Gasteiger partial charge in [-0.25, -0.2) is 4.98 Å². The largest absolute Gasteiger partial charge is 0.416 e. The number of likely N-dealkylation sites (N-methyl/N-ethyl adjacent to an activating group) is 1. The standard InChI is InChI=1S/C30H30ClF6N3O3/c1-28(2,18-10-19(29(32,33)34)12-20(11-18)30(35,36)37)27(43)39(3)24-14-38-26(40-9-8-25(42)17(15-40)16-41)13-22(24)21-6-4-5-7-23(21)31/h4-7,10-14,17,25,41-42H,8-9,15-16H2,1-3H3. The van der Waals surface area contributed by atoms with E-state index in [-0.39, 0.29) is 18.4 Å². The molecule has 1 saturated heterocycles. The van der Waals surface area contributed by atoms with Crippen LogP contribution < -0.4 is 9.80 Å². The highest BCUT2D eigenvalue weighted by Gasteiger charge is 2.41. The summed E-state index contributed by atoms with van der Waals surface area (Å²) in [4.78, 5) is 21.4. The van der Waals surface area contributed by atoms with Gasteiger partial charge in [-0.15, -0.1) is 0 Å². The Morgan fingerprint density at radius 3 is 2.14 bits per heavy atom. The van der Waals surface area contributed by atoms with Crippen LogP contribution in [0.2, 0.25) is 5.02 Å². The number of aliphatic hydroxyl groups is 2. The highest BCUT2D eigenvalue weighted by Crippen LogP contribution is 2.42. The van der Waals surface area contributed by atoms with Gasteiger partial charge in [0, 0.05) is 42.2 Å². The summed E-state index contributed by atoms with van der Waals surface area (Å²) in [5, 5.41) is 20.2. The van der Waals surface area contributed by atoms with E-state index in [9.17, 15) is 41.4 Å². The molecular formula is C30H30ClF6N3O3. The molecule has 13 heteroatoms. The Balaban J connectivity index is 1.80. The average molecular weight is 630 g/mol. The van der Waals surface area contributed by atoms with E-state index in [0.29, 0.717) is 53.6 Å². The molecule has 2 atom stereocenters. The summed E-state index contributed by atoms with van der Waals surface area (Å²) in [6.45, 7) is 3.03. The van der Waals surface area contributed by atoms with Crippen molar-refractivity contribution in [3.8, 4) is 11.1 Å². The number of piperidine rings is 1. The van der Waals surface area contributed by atoms with Crippen molar-refractivity contribution in [1.82, 2.24) is 4.98 Å². The molecule has 2 aromatic carbocycles. The Bertz CT molecular complexity index is 1460. The van der Waals surface area contributed by atoms with Gasteiger partial charge in [0.15, 0.2) is 0 Å². The zero-order chi connectivity index (χ0) is 31.9. The van der Waals surface area contributed by atoms with Crippen molar-refractivity contribution < 1.29 is 41.4 Å². The summed E-state index contributed by atoms with van der Waals surface area (Å²) in [5.74, 6) is -0.723. The van der Waals surface area contributed by atoms with E-state index >= 15 is 0 Å². The quantitative estimate of drug-likeness (QED) is 0.302. The molecule has 0 bridgehead atoms. The third-order valence-electron chi connectivity index (χ3n) is 7.79. The number of halogens is 7. The Morgan fingerprint density at radius 1 is 1.00 bits per heavy atom. The molecule has 0 radical (unpaired) electrons. The van der Waals surface area contributed by atoms with E-state index in [2.05, 4.69) is 4.98 Å².